The monoisotopic (exact) mass is 352 g/mol. The predicted octanol–water partition coefficient (Wildman–Crippen LogP) is 0.768. The van der Waals surface area contributed by atoms with Crippen LogP contribution in [0.25, 0.3) is 0 Å². The predicted molar refractivity (Wildman–Crippen MR) is 87.0 cm³/mol. The molecule has 3 N–H and O–H groups in total. The Labute approximate surface area is 143 Å². The van der Waals surface area contributed by atoms with E-state index in [9.17, 15) is 20.0 Å². The van der Waals surface area contributed by atoms with Gasteiger partial charge in [-0.25, -0.2) is 9.78 Å². The number of hydrogen-bond donors (Lipinski definition) is 3. The Kier molecular flexibility index (Phi) is 4.15. The molecule has 25 heavy (non-hydrogen) atoms. The van der Waals surface area contributed by atoms with Gasteiger partial charge in [-0.1, -0.05) is 6.92 Å². The maximum atomic E-state index is 11.5. The van der Waals surface area contributed by atoms with Crippen LogP contribution in [-0.2, 0) is 6.42 Å². The number of nitrogens with one attached hydrogen (secondary N) is 1. The fourth-order valence-electron chi connectivity index (χ4n) is 3.46. The first kappa shape index (κ1) is 17.2. The zero-order chi connectivity index (χ0) is 18.4. The Hall–Kier alpha value is -2.62. The summed E-state index contributed by atoms with van der Waals surface area (Å²) >= 11 is 0. The Bertz CT molecular complexity index is 722. The van der Waals surface area contributed by atoms with Crippen LogP contribution in [0.15, 0.2) is 6.20 Å². The average Bonchev–Trinajstić information content (AvgIpc) is 2.99. The second kappa shape index (κ2) is 6.03. The van der Waals surface area contributed by atoms with E-state index in [0.29, 0.717) is 36.7 Å². The lowest BCUT2D eigenvalue weighted by molar-refractivity contribution is -0.384. The highest BCUT2D eigenvalue weighted by Crippen LogP contribution is 2.42. The number of aliphatic hydroxyl groups is 1. The number of nitro groups is 1. The molecule has 1 saturated heterocycles. The summed E-state index contributed by atoms with van der Waals surface area (Å²) in [7, 11) is 0. The molecular formula is C15H20N4O6. The SMILES string of the molecule is C[C@H]1CN(c2c([N+](=O)[O-])cnc3c2CCO3)C[C@@H](NC(=O)O)[C@]1(C)O. The van der Waals surface area contributed by atoms with Crippen molar-refractivity contribution in [2.75, 3.05) is 24.6 Å². The van der Waals surface area contributed by atoms with Crippen LogP contribution in [0.5, 0.6) is 5.88 Å². The number of pyridine rings is 1. The molecule has 0 aliphatic carbocycles. The van der Waals surface area contributed by atoms with Crippen LogP contribution in [-0.4, -0.2) is 57.6 Å². The average molecular weight is 352 g/mol. The van der Waals surface area contributed by atoms with E-state index in [-0.39, 0.29) is 18.2 Å². The second-order valence-corrected chi connectivity index (χ2v) is 6.67. The van der Waals surface area contributed by atoms with Gasteiger partial charge < -0.3 is 25.2 Å². The first-order valence-corrected chi connectivity index (χ1v) is 7.97. The van der Waals surface area contributed by atoms with E-state index in [1.807, 2.05) is 0 Å². The van der Waals surface area contributed by atoms with Gasteiger partial charge >= 0.3 is 11.8 Å². The van der Waals surface area contributed by atoms with Gasteiger partial charge in [-0.15, -0.1) is 0 Å². The molecule has 10 nitrogen and oxygen atoms in total. The molecule has 1 aromatic rings. The molecule has 10 heteroatoms. The highest BCUT2D eigenvalue weighted by molar-refractivity contribution is 5.71. The van der Waals surface area contributed by atoms with Crippen molar-refractivity contribution < 1.29 is 24.7 Å². The summed E-state index contributed by atoms with van der Waals surface area (Å²) in [5.41, 5.74) is -0.368. The van der Waals surface area contributed by atoms with Crippen LogP contribution in [0, 0.1) is 16.0 Å². The lowest BCUT2D eigenvalue weighted by Crippen LogP contribution is -2.65. The summed E-state index contributed by atoms with van der Waals surface area (Å²) in [4.78, 5) is 27.8. The van der Waals surface area contributed by atoms with E-state index in [0.717, 1.165) is 6.20 Å². The van der Waals surface area contributed by atoms with Gasteiger partial charge in [0.1, 0.15) is 11.9 Å². The van der Waals surface area contributed by atoms with Crippen LogP contribution < -0.4 is 15.0 Å². The molecule has 2 aliphatic heterocycles. The van der Waals surface area contributed by atoms with Crippen molar-refractivity contribution in [3.05, 3.63) is 21.9 Å². The van der Waals surface area contributed by atoms with Crippen molar-refractivity contribution in [1.29, 1.82) is 0 Å². The lowest BCUT2D eigenvalue weighted by Gasteiger charge is -2.47. The van der Waals surface area contributed by atoms with Gasteiger partial charge in [0, 0.05) is 31.0 Å². The molecular weight excluding hydrogens is 332 g/mol. The number of carboxylic acid groups (broad SMARTS) is 1. The van der Waals surface area contributed by atoms with Gasteiger partial charge in [-0.2, -0.15) is 0 Å². The molecule has 1 fully saturated rings. The minimum Gasteiger partial charge on any atom is -0.477 e. The zero-order valence-electron chi connectivity index (χ0n) is 13.9. The number of piperidine rings is 1. The fraction of sp³-hybridized carbons (Fsp3) is 0.600. The molecule has 0 radical (unpaired) electrons. The van der Waals surface area contributed by atoms with E-state index in [2.05, 4.69) is 10.3 Å². The number of carbonyl (C=O) groups is 1. The van der Waals surface area contributed by atoms with Gasteiger partial charge in [-0.3, -0.25) is 10.1 Å². The number of aromatic nitrogens is 1. The number of ether oxygens (including phenoxy) is 1. The maximum Gasteiger partial charge on any atom is 0.405 e. The molecule has 3 atom stereocenters. The zero-order valence-corrected chi connectivity index (χ0v) is 13.9. The molecule has 3 heterocycles. The van der Waals surface area contributed by atoms with Crippen molar-refractivity contribution in [1.82, 2.24) is 10.3 Å². The number of rotatable bonds is 3. The molecule has 3 rings (SSSR count). The van der Waals surface area contributed by atoms with Gasteiger partial charge in [0.25, 0.3) is 0 Å². The number of fused-ring (bicyclic) bond motifs is 1. The molecule has 0 spiro atoms. The smallest absolute Gasteiger partial charge is 0.405 e. The summed E-state index contributed by atoms with van der Waals surface area (Å²) in [6.45, 7) is 4.22. The quantitative estimate of drug-likeness (QED) is 0.535. The minimum absolute atomic E-state index is 0.112. The fourth-order valence-corrected chi connectivity index (χ4v) is 3.46. The molecule has 0 unspecified atom stereocenters. The first-order chi connectivity index (χ1) is 11.7. The van der Waals surface area contributed by atoms with Crippen LogP contribution in [0.2, 0.25) is 0 Å². The molecule has 0 saturated carbocycles. The first-order valence-electron chi connectivity index (χ1n) is 7.97. The summed E-state index contributed by atoms with van der Waals surface area (Å²) in [5, 5.41) is 33.5. The minimum atomic E-state index is -1.27. The Balaban J connectivity index is 2.03. The molecule has 2 aliphatic rings. The third kappa shape index (κ3) is 2.93. The lowest BCUT2D eigenvalue weighted by atomic mass is 9.79. The topological polar surface area (TPSA) is 138 Å². The van der Waals surface area contributed by atoms with Crippen LogP contribution in [0.4, 0.5) is 16.2 Å². The number of nitrogens with zero attached hydrogens (tertiary/aromatic N) is 3. The third-order valence-electron chi connectivity index (χ3n) is 5.09. The van der Waals surface area contributed by atoms with Gasteiger partial charge in [0.15, 0.2) is 0 Å². The number of hydrogen-bond acceptors (Lipinski definition) is 7. The summed E-state index contributed by atoms with van der Waals surface area (Å²) in [6, 6.07) is -0.792. The van der Waals surface area contributed by atoms with Crippen LogP contribution in [0.1, 0.15) is 19.4 Å². The molecule has 1 aromatic heterocycles. The van der Waals surface area contributed by atoms with Crippen molar-refractivity contribution in [2.45, 2.75) is 31.9 Å². The Morgan fingerprint density at radius 1 is 1.56 bits per heavy atom. The van der Waals surface area contributed by atoms with Crippen LogP contribution in [0.3, 0.4) is 0 Å². The molecule has 0 bridgehead atoms. The Morgan fingerprint density at radius 2 is 2.28 bits per heavy atom. The standard InChI is InChI=1S/C15H20N4O6/c1-8-6-18(7-11(15(8,2)22)17-14(20)21)12-9-3-4-25-13(9)16-5-10(12)19(23)24/h5,8,11,17,22H,3-4,6-7H2,1-2H3,(H,20,21)/t8-,11+,15+/m0/s1. The summed E-state index contributed by atoms with van der Waals surface area (Å²) in [5.74, 6) is 0.0529. The van der Waals surface area contributed by atoms with Gasteiger partial charge in [0.2, 0.25) is 5.88 Å². The summed E-state index contributed by atoms with van der Waals surface area (Å²) < 4.78 is 5.40. The van der Waals surface area contributed by atoms with Crippen molar-refractivity contribution in [3.63, 3.8) is 0 Å². The second-order valence-electron chi connectivity index (χ2n) is 6.67. The maximum absolute atomic E-state index is 11.5. The van der Waals surface area contributed by atoms with E-state index in [4.69, 9.17) is 9.84 Å². The number of anilines is 1. The van der Waals surface area contributed by atoms with E-state index < -0.39 is 22.7 Å². The number of amides is 1. The van der Waals surface area contributed by atoms with Crippen molar-refractivity contribution >= 4 is 17.5 Å². The Morgan fingerprint density at radius 3 is 2.92 bits per heavy atom. The summed E-state index contributed by atoms with van der Waals surface area (Å²) in [6.07, 6.45) is 0.408. The largest absolute Gasteiger partial charge is 0.477 e. The third-order valence-corrected chi connectivity index (χ3v) is 5.09. The van der Waals surface area contributed by atoms with Crippen LogP contribution >= 0.6 is 0 Å². The van der Waals surface area contributed by atoms with Gasteiger partial charge in [0.05, 0.1) is 23.2 Å². The molecule has 136 valence electrons. The van der Waals surface area contributed by atoms with Crippen molar-refractivity contribution in [2.24, 2.45) is 5.92 Å². The van der Waals surface area contributed by atoms with E-state index in [1.165, 1.54) is 0 Å². The van der Waals surface area contributed by atoms with E-state index in [1.54, 1.807) is 18.7 Å². The normalized spacial score (nSPS) is 28.2. The van der Waals surface area contributed by atoms with Crippen molar-refractivity contribution in [3.8, 4) is 5.88 Å². The highest BCUT2D eigenvalue weighted by atomic mass is 16.6. The molecule has 1 amide bonds. The van der Waals surface area contributed by atoms with Gasteiger partial charge in [-0.05, 0) is 6.92 Å². The molecule has 0 aromatic carbocycles. The van der Waals surface area contributed by atoms with E-state index >= 15 is 0 Å². The highest BCUT2D eigenvalue weighted by Gasteiger charge is 2.46.